The first-order chi connectivity index (χ1) is 13.5. The molecule has 7 nitrogen and oxygen atoms in total. The SMILES string of the molecule is CC[C@H](NC(=O)c1ccc(N(CC)S(C)(=O)=O)cc1)c1ccc(S(C)(=O)=O)cc1. The normalized spacial score (nSPS) is 13.0. The number of hydrogen-bond donors (Lipinski definition) is 1. The fourth-order valence-corrected chi connectivity index (χ4v) is 4.60. The quantitative estimate of drug-likeness (QED) is 0.683. The summed E-state index contributed by atoms with van der Waals surface area (Å²) in [5, 5.41) is 2.93. The van der Waals surface area contributed by atoms with Gasteiger partial charge in [-0.25, -0.2) is 16.8 Å². The van der Waals surface area contributed by atoms with E-state index in [9.17, 15) is 21.6 Å². The van der Waals surface area contributed by atoms with Crippen LogP contribution in [0.2, 0.25) is 0 Å². The Morgan fingerprint density at radius 3 is 1.90 bits per heavy atom. The minimum Gasteiger partial charge on any atom is -0.345 e. The second kappa shape index (κ2) is 8.96. The third-order valence-electron chi connectivity index (χ3n) is 4.53. The predicted octanol–water partition coefficient (Wildman–Crippen LogP) is 2.76. The largest absolute Gasteiger partial charge is 0.345 e. The van der Waals surface area contributed by atoms with Crippen LogP contribution in [0.3, 0.4) is 0 Å². The van der Waals surface area contributed by atoms with Crippen molar-refractivity contribution in [2.75, 3.05) is 23.4 Å². The molecule has 0 radical (unpaired) electrons. The Hall–Kier alpha value is -2.39. The Kier molecular flexibility index (Phi) is 7.07. The molecule has 29 heavy (non-hydrogen) atoms. The topological polar surface area (TPSA) is 101 Å². The van der Waals surface area contributed by atoms with Crippen molar-refractivity contribution in [1.82, 2.24) is 5.32 Å². The Morgan fingerprint density at radius 2 is 1.48 bits per heavy atom. The number of rotatable bonds is 8. The van der Waals surface area contributed by atoms with Crippen LogP contribution in [0.25, 0.3) is 0 Å². The van der Waals surface area contributed by atoms with E-state index >= 15 is 0 Å². The van der Waals surface area contributed by atoms with Crippen LogP contribution >= 0.6 is 0 Å². The standard InChI is InChI=1S/C20H26N2O5S2/c1-5-19(15-9-13-18(14-10-15)28(3,24)25)21-20(23)16-7-11-17(12-8-16)22(6-2)29(4,26)27/h7-14,19H,5-6H2,1-4H3,(H,21,23)/t19-/m0/s1. The zero-order chi connectivity index (χ0) is 21.8. The lowest BCUT2D eigenvalue weighted by atomic mass is 10.0. The highest BCUT2D eigenvalue weighted by Crippen LogP contribution is 2.21. The number of nitrogens with zero attached hydrogens (tertiary/aromatic N) is 1. The van der Waals surface area contributed by atoms with E-state index in [1.54, 1.807) is 43.3 Å². The summed E-state index contributed by atoms with van der Waals surface area (Å²) in [4.78, 5) is 12.8. The average Bonchev–Trinajstić information content (AvgIpc) is 2.65. The van der Waals surface area contributed by atoms with Gasteiger partial charge >= 0.3 is 0 Å². The van der Waals surface area contributed by atoms with Crippen LogP contribution in [0, 0.1) is 0 Å². The minimum absolute atomic E-state index is 0.226. The molecule has 0 fully saturated rings. The lowest BCUT2D eigenvalue weighted by molar-refractivity contribution is 0.0935. The van der Waals surface area contributed by atoms with Gasteiger partial charge in [0.25, 0.3) is 5.91 Å². The minimum atomic E-state index is -3.38. The lowest BCUT2D eigenvalue weighted by Crippen LogP contribution is -2.30. The van der Waals surface area contributed by atoms with Crippen LogP contribution in [-0.2, 0) is 19.9 Å². The van der Waals surface area contributed by atoms with E-state index in [0.29, 0.717) is 24.2 Å². The van der Waals surface area contributed by atoms with Gasteiger partial charge in [0.2, 0.25) is 10.0 Å². The maximum absolute atomic E-state index is 12.6. The smallest absolute Gasteiger partial charge is 0.251 e. The van der Waals surface area contributed by atoms with Crippen LogP contribution in [0.5, 0.6) is 0 Å². The highest BCUT2D eigenvalue weighted by atomic mass is 32.2. The van der Waals surface area contributed by atoms with E-state index in [0.717, 1.165) is 18.1 Å². The second-order valence-electron chi connectivity index (χ2n) is 6.75. The third kappa shape index (κ3) is 5.80. The van der Waals surface area contributed by atoms with E-state index < -0.39 is 19.9 Å². The summed E-state index contributed by atoms with van der Waals surface area (Å²) in [7, 11) is -6.66. The Morgan fingerprint density at radius 1 is 0.931 bits per heavy atom. The van der Waals surface area contributed by atoms with Crippen LogP contribution in [0.1, 0.15) is 42.2 Å². The molecule has 0 saturated carbocycles. The predicted molar refractivity (Wildman–Crippen MR) is 114 cm³/mol. The fraction of sp³-hybridized carbons (Fsp3) is 0.350. The number of benzene rings is 2. The molecule has 0 aliphatic carbocycles. The molecule has 0 unspecified atom stereocenters. The van der Waals surface area contributed by atoms with Gasteiger partial charge in [0.05, 0.1) is 22.9 Å². The zero-order valence-electron chi connectivity index (χ0n) is 16.9. The van der Waals surface area contributed by atoms with Crippen LogP contribution in [0.15, 0.2) is 53.4 Å². The number of sulfonamides is 1. The number of carbonyl (C=O) groups excluding carboxylic acids is 1. The van der Waals surface area contributed by atoms with Crippen molar-refractivity contribution in [3.05, 3.63) is 59.7 Å². The molecule has 1 amide bonds. The molecule has 158 valence electrons. The molecule has 1 N–H and O–H groups in total. The first-order valence-corrected chi connectivity index (χ1v) is 12.9. The highest BCUT2D eigenvalue weighted by Gasteiger charge is 2.18. The number of nitrogens with one attached hydrogen (secondary N) is 1. The molecule has 1 atom stereocenters. The van der Waals surface area contributed by atoms with Gasteiger partial charge in [-0.15, -0.1) is 0 Å². The monoisotopic (exact) mass is 438 g/mol. The zero-order valence-corrected chi connectivity index (χ0v) is 18.5. The van der Waals surface area contributed by atoms with Gasteiger partial charge in [-0.2, -0.15) is 0 Å². The lowest BCUT2D eigenvalue weighted by Gasteiger charge is -2.21. The van der Waals surface area contributed by atoms with Gasteiger partial charge in [-0.3, -0.25) is 9.10 Å². The van der Waals surface area contributed by atoms with Gasteiger partial charge in [-0.1, -0.05) is 19.1 Å². The number of carbonyl (C=O) groups is 1. The Balaban J connectivity index is 2.17. The van der Waals surface area contributed by atoms with Crippen molar-refractivity contribution in [2.24, 2.45) is 0 Å². The third-order valence-corrected chi connectivity index (χ3v) is 6.93. The molecule has 9 heteroatoms. The molecule has 0 aliphatic heterocycles. The summed E-state index contributed by atoms with van der Waals surface area (Å²) < 4.78 is 48.1. The van der Waals surface area contributed by atoms with Crippen molar-refractivity contribution in [2.45, 2.75) is 31.2 Å². The Labute approximate surface area is 172 Å². The van der Waals surface area contributed by atoms with E-state index in [1.165, 1.54) is 16.4 Å². The summed E-state index contributed by atoms with van der Waals surface area (Å²) in [6, 6.07) is 12.5. The maximum Gasteiger partial charge on any atom is 0.251 e. The van der Waals surface area contributed by atoms with Crippen molar-refractivity contribution in [3.8, 4) is 0 Å². The highest BCUT2D eigenvalue weighted by molar-refractivity contribution is 7.92. The molecule has 0 aromatic heterocycles. The molecule has 0 spiro atoms. The van der Waals surface area contributed by atoms with Crippen molar-refractivity contribution < 1.29 is 21.6 Å². The molecule has 2 rings (SSSR count). The van der Waals surface area contributed by atoms with Gasteiger partial charge in [-0.05, 0) is 55.3 Å². The fourth-order valence-electron chi connectivity index (χ4n) is 3.00. The van der Waals surface area contributed by atoms with Crippen molar-refractivity contribution in [3.63, 3.8) is 0 Å². The molecule has 0 heterocycles. The van der Waals surface area contributed by atoms with E-state index in [1.807, 2.05) is 6.92 Å². The molecular weight excluding hydrogens is 412 g/mol. The van der Waals surface area contributed by atoms with Crippen molar-refractivity contribution >= 4 is 31.5 Å². The number of hydrogen-bond acceptors (Lipinski definition) is 5. The van der Waals surface area contributed by atoms with Gasteiger partial charge in [0.1, 0.15) is 0 Å². The summed E-state index contributed by atoms with van der Waals surface area (Å²) in [5.74, 6) is -0.294. The van der Waals surface area contributed by atoms with Gasteiger partial charge in [0.15, 0.2) is 9.84 Å². The first-order valence-electron chi connectivity index (χ1n) is 9.16. The van der Waals surface area contributed by atoms with Crippen LogP contribution in [-0.4, -0.2) is 41.8 Å². The molecule has 0 bridgehead atoms. The summed E-state index contributed by atoms with van der Waals surface area (Å²) in [6.07, 6.45) is 2.91. The molecule has 2 aromatic carbocycles. The van der Waals surface area contributed by atoms with Gasteiger partial charge in [0, 0.05) is 18.4 Å². The summed E-state index contributed by atoms with van der Waals surface area (Å²) >= 11 is 0. The second-order valence-corrected chi connectivity index (χ2v) is 10.7. The average molecular weight is 439 g/mol. The number of anilines is 1. The van der Waals surface area contributed by atoms with Crippen molar-refractivity contribution in [1.29, 1.82) is 0 Å². The van der Waals surface area contributed by atoms with E-state index in [-0.39, 0.29) is 16.8 Å². The summed E-state index contributed by atoms with van der Waals surface area (Å²) in [6.45, 7) is 3.96. The van der Waals surface area contributed by atoms with Crippen LogP contribution < -0.4 is 9.62 Å². The Bertz CT molecular complexity index is 1060. The molecule has 0 aliphatic rings. The molecular formula is C20H26N2O5S2. The molecule has 0 saturated heterocycles. The van der Waals surface area contributed by atoms with E-state index in [4.69, 9.17) is 0 Å². The van der Waals surface area contributed by atoms with Crippen LogP contribution in [0.4, 0.5) is 5.69 Å². The summed E-state index contributed by atoms with van der Waals surface area (Å²) in [5.41, 5.74) is 1.71. The molecule has 2 aromatic rings. The first kappa shape index (κ1) is 22.9. The van der Waals surface area contributed by atoms with Gasteiger partial charge < -0.3 is 5.32 Å². The number of sulfone groups is 1. The number of amides is 1. The van der Waals surface area contributed by atoms with E-state index in [2.05, 4.69) is 5.32 Å². The maximum atomic E-state index is 12.6.